The summed E-state index contributed by atoms with van der Waals surface area (Å²) in [4.78, 5) is 40.1. The molecule has 2 heterocycles. The number of hydrogen-bond donors (Lipinski definition) is 3. The number of hydrogen-bond acceptors (Lipinski definition) is 8. The number of rotatable bonds is 11. The summed E-state index contributed by atoms with van der Waals surface area (Å²) in [7, 11) is 1.58. The van der Waals surface area contributed by atoms with Gasteiger partial charge in [-0.25, -0.2) is 15.0 Å². The third kappa shape index (κ3) is 6.03. The molecule has 0 spiro atoms. The van der Waals surface area contributed by atoms with Crippen LogP contribution in [0.4, 0.5) is 16.8 Å². The Morgan fingerprint density at radius 1 is 1.31 bits per heavy atom. The maximum atomic E-state index is 12.2. The Kier molecular flexibility index (Phi) is 8.15. The number of carbonyl (C=O) groups is 2. The maximum absolute atomic E-state index is 12.2. The van der Waals surface area contributed by atoms with Gasteiger partial charge in [0.2, 0.25) is 11.8 Å². The second-order valence-corrected chi connectivity index (χ2v) is 8.84. The molecular weight excluding hydrogens is 426 g/mol. The molecule has 2 aromatic rings. The summed E-state index contributed by atoms with van der Waals surface area (Å²) in [5.74, 6) is 2.22. The fourth-order valence-corrected chi connectivity index (χ4v) is 4.17. The zero-order chi connectivity index (χ0) is 23.1. The largest absolute Gasteiger partial charge is 0.368 e. The fraction of sp³-hybridized carbons (Fsp3) is 0.500. The minimum atomic E-state index is -0.579. The van der Waals surface area contributed by atoms with E-state index in [0.29, 0.717) is 37.1 Å². The highest BCUT2D eigenvalue weighted by molar-refractivity contribution is 7.15. The van der Waals surface area contributed by atoms with Crippen molar-refractivity contribution in [1.82, 2.24) is 25.2 Å². The number of carbonyl (C=O) groups excluding carboxylic acids is 2. The predicted octanol–water partition coefficient (Wildman–Crippen LogP) is 3.07. The predicted molar refractivity (Wildman–Crippen MR) is 127 cm³/mol. The summed E-state index contributed by atoms with van der Waals surface area (Å²) < 4.78 is 0. The van der Waals surface area contributed by atoms with Gasteiger partial charge >= 0.3 is 0 Å². The van der Waals surface area contributed by atoms with Gasteiger partial charge in [0.05, 0.1) is 0 Å². The summed E-state index contributed by atoms with van der Waals surface area (Å²) >= 11 is 1.68. The SMILES string of the molecule is C=CC(=O)N(C)[C@@H](C)C(=O)NCCNc1cc(Nc2ncc(C3CCC3)s2)nc(CC)n1. The van der Waals surface area contributed by atoms with Crippen molar-refractivity contribution >= 4 is 39.9 Å². The van der Waals surface area contributed by atoms with Gasteiger partial charge in [0.25, 0.3) is 0 Å². The average molecular weight is 458 g/mol. The number of anilines is 3. The molecule has 32 heavy (non-hydrogen) atoms. The Balaban J connectivity index is 1.52. The van der Waals surface area contributed by atoms with Gasteiger partial charge in [0, 0.05) is 43.7 Å². The van der Waals surface area contributed by atoms with Gasteiger partial charge in [-0.2, -0.15) is 0 Å². The molecular formula is C22H31N7O2S. The molecule has 1 aliphatic carbocycles. The first-order valence-corrected chi connectivity index (χ1v) is 11.7. The summed E-state index contributed by atoms with van der Waals surface area (Å²) in [6.45, 7) is 8.00. The molecule has 1 atom stereocenters. The second kappa shape index (κ2) is 11.0. The van der Waals surface area contributed by atoms with E-state index in [1.54, 1.807) is 25.3 Å². The molecule has 10 heteroatoms. The van der Waals surface area contributed by atoms with Gasteiger partial charge in [0.15, 0.2) is 5.13 Å². The minimum Gasteiger partial charge on any atom is -0.368 e. The molecule has 0 unspecified atom stereocenters. The lowest BCUT2D eigenvalue weighted by molar-refractivity contribution is -0.134. The van der Waals surface area contributed by atoms with Crippen LogP contribution in [-0.4, -0.2) is 57.8 Å². The Morgan fingerprint density at radius 3 is 2.72 bits per heavy atom. The van der Waals surface area contributed by atoms with Crippen LogP contribution in [0, 0.1) is 0 Å². The van der Waals surface area contributed by atoms with Crippen LogP contribution in [0.5, 0.6) is 0 Å². The van der Waals surface area contributed by atoms with E-state index < -0.39 is 6.04 Å². The highest BCUT2D eigenvalue weighted by Crippen LogP contribution is 2.40. The quantitative estimate of drug-likeness (QED) is 0.351. The number of nitrogens with one attached hydrogen (secondary N) is 3. The van der Waals surface area contributed by atoms with Crippen molar-refractivity contribution in [3.8, 4) is 0 Å². The lowest BCUT2D eigenvalue weighted by Crippen LogP contribution is -2.46. The molecule has 1 fully saturated rings. The lowest BCUT2D eigenvalue weighted by atomic mass is 9.85. The van der Waals surface area contributed by atoms with Gasteiger partial charge in [0.1, 0.15) is 23.5 Å². The van der Waals surface area contributed by atoms with Crippen LogP contribution >= 0.6 is 11.3 Å². The first-order valence-electron chi connectivity index (χ1n) is 10.9. The van der Waals surface area contributed by atoms with E-state index in [1.165, 1.54) is 35.1 Å². The van der Waals surface area contributed by atoms with Crippen LogP contribution in [0.15, 0.2) is 24.9 Å². The van der Waals surface area contributed by atoms with Crippen LogP contribution in [0.25, 0.3) is 0 Å². The molecule has 2 amide bonds. The first-order chi connectivity index (χ1) is 15.4. The number of nitrogens with zero attached hydrogens (tertiary/aromatic N) is 4. The van der Waals surface area contributed by atoms with Crippen molar-refractivity contribution < 1.29 is 9.59 Å². The van der Waals surface area contributed by atoms with Crippen LogP contribution < -0.4 is 16.0 Å². The molecule has 0 radical (unpaired) electrons. The molecule has 3 rings (SSSR count). The molecule has 2 aromatic heterocycles. The molecule has 0 saturated heterocycles. The molecule has 1 aliphatic rings. The number of likely N-dealkylation sites (N-methyl/N-ethyl adjacent to an activating group) is 1. The highest BCUT2D eigenvalue weighted by atomic mass is 32.1. The standard InChI is InChI=1S/C22H31N7O2S/c1-5-17-26-18(23-10-11-24-21(31)14(3)29(4)20(30)6-2)12-19(27-17)28-22-25-13-16(32-22)15-8-7-9-15/h6,12-15H,2,5,7-11H2,1,3-4H3,(H,24,31)(H2,23,25,26,27,28)/t14-/m0/s1. The fourth-order valence-electron chi connectivity index (χ4n) is 3.18. The van der Waals surface area contributed by atoms with Gasteiger partial charge in [-0.1, -0.05) is 19.9 Å². The number of thiazole rings is 1. The van der Waals surface area contributed by atoms with E-state index in [-0.39, 0.29) is 11.8 Å². The van der Waals surface area contributed by atoms with E-state index in [9.17, 15) is 9.59 Å². The summed E-state index contributed by atoms with van der Waals surface area (Å²) in [6.07, 6.45) is 7.65. The molecule has 1 saturated carbocycles. The third-order valence-corrected chi connectivity index (χ3v) is 6.64. The van der Waals surface area contributed by atoms with Crippen molar-refractivity contribution in [3.05, 3.63) is 35.6 Å². The first kappa shape index (κ1) is 23.6. The zero-order valence-corrected chi connectivity index (χ0v) is 19.7. The second-order valence-electron chi connectivity index (χ2n) is 7.78. The topological polar surface area (TPSA) is 112 Å². The monoisotopic (exact) mass is 457 g/mol. The summed E-state index contributed by atoms with van der Waals surface area (Å²) in [6, 6.07) is 1.26. The number of aryl methyl sites for hydroxylation is 1. The molecule has 0 aliphatic heterocycles. The van der Waals surface area contributed by atoms with E-state index >= 15 is 0 Å². The zero-order valence-electron chi connectivity index (χ0n) is 18.9. The van der Waals surface area contributed by atoms with E-state index in [1.807, 2.05) is 19.2 Å². The molecule has 0 bridgehead atoms. The van der Waals surface area contributed by atoms with E-state index in [2.05, 4.69) is 37.5 Å². The Bertz CT molecular complexity index is 958. The number of amides is 2. The van der Waals surface area contributed by atoms with Crippen LogP contribution in [0.1, 0.15) is 49.7 Å². The van der Waals surface area contributed by atoms with Gasteiger partial charge in [-0.05, 0) is 31.8 Å². The van der Waals surface area contributed by atoms with Crippen molar-refractivity contribution in [2.24, 2.45) is 0 Å². The van der Waals surface area contributed by atoms with Crippen molar-refractivity contribution in [2.45, 2.75) is 51.5 Å². The smallest absolute Gasteiger partial charge is 0.246 e. The van der Waals surface area contributed by atoms with Gasteiger partial charge in [-0.15, -0.1) is 11.3 Å². The van der Waals surface area contributed by atoms with Crippen molar-refractivity contribution in [3.63, 3.8) is 0 Å². The Hall–Kier alpha value is -3.01. The summed E-state index contributed by atoms with van der Waals surface area (Å²) in [5, 5.41) is 10.2. The van der Waals surface area contributed by atoms with Crippen molar-refractivity contribution in [2.75, 3.05) is 30.8 Å². The third-order valence-electron chi connectivity index (χ3n) is 5.57. The van der Waals surface area contributed by atoms with Crippen molar-refractivity contribution in [1.29, 1.82) is 0 Å². The Labute approximate surface area is 192 Å². The van der Waals surface area contributed by atoms with Crippen LogP contribution in [-0.2, 0) is 16.0 Å². The molecule has 3 N–H and O–H groups in total. The summed E-state index contributed by atoms with van der Waals surface area (Å²) in [5.41, 5.74) is 0. The van der Waals surface area contributed by atoms with E-state index in [0.717, 1.165) is 11.0 Å². The van der Waals surface area contributed by atoms with Crippen LogP contribution in [0.3, 0.4) is 0 Å². The lowest BCUT2D eigenvalue weighted by Gasteiger charge is -2.23. The molecule has 9 nitrogen and oxygen atoms in total. The van der Waals surface area contributed by atoms with E-state index in [4.69, 9.17) is 0 Å². The molecule has 0 aromatic carbocycles. The van der Waals surface area contributed by atoms with Gasteiger partial charge in [-0.3, -0.25) is 9.59 Å². The number of aromatic nitrogens is 3. The molecule has 172 valence electrons. The minimum absolute atomic E-state index is 0.227. The van der Waals surface area contributed by atoms with Gasteiger partial charge < -0.3 is 20.9 Å². The normalized spacial score (nSPS) is 14.2. The van der Waals surface area contributed by atoms with Crippen LogP contribution in [0.2, 0.25) is 0 Å². The maximum Gasteiger partial charge on any atom is 0.246 e. The highest BCUT2D eigenvalue weighted by Gasteiger charge is 2.22. The average Bonchev–Trinajstić information content (AvgIpc) is 3.20. The Morgan fingerprint density at radius 2 is 2.06 bits per heavy atom.